The molecule has 0 unspecified atom stereocenters. The van der Waals surface area contributed by atoms with Crippen LogP contribution in [-0.2, 0) is 11.2 Å². The van der Waals surface area contributed by atoms with Crippen LogP contribution >= 0.6 is 0 Å². The van der Waals surface area contributed by atoms with E-state index in [4.69, 9.17) is 14.2 Å². The Hall–Kier alpha value is -4.27. The molecule has 3 N–H and O–H groups in total. The predicted molar refractivity (Wildman–Crippen MR) is 124 cm³/mol. The Morgan fingerprint density at radius 2 is 1.94 bits per heavy atom. The molecular formula is C25H22N4O5. The van der Waals surface area contributed by atoms with Crippen molar-refractivity contribution in [2.75, 3.05) is 17.7 Å². The van der Waals surface area contributed by atoms with Gasteiger partial charge in [0.15, 0.2) is 0 Å². The second-order valence-electron chi connectivity index (χ2n) is 8.45. The van der Waals surface area contributed by atoms with Gasteiger partial charge in [-0.3, -0.25) is 4.79 Å². The van der Waals surface area contributed by atoms with Crippen molar-refractivity contribution in [3.05, 3.63) is 65.9 Å². The molecule has 0 radical (unpaired) electrons. The Balaban J connectivity index is 1.13. The number of ether oxygens (including phenoxy) is 3. The number of fused-ring (bicyclic) bond motifs is 4. The van der Waals surface area contributed by atoms with E-state index in [0.29, 0.717) is 35.8 Å². The number of rotatable bonds is 5. The number of benzene rings is 2. The number of hydrogen-bond donors (Lipinski definition) is 3. The first-order valence-corrected chi connectivity index (χ1v) is 11.1. The monoisotopic (exact) mass is 458 g/mol. The van der Waals surface area contributed by atoms with Gasteiger partial charge in [0.05, 0.1) is 19.1 Å². The van der Waals surface area contributed by atoms with E-state index in [9.17, 15) is 9.59 Å². The number of hydrogen-bond acceptors (Lipinski definition) is 6. The molecule has 3 amide bonds. The van der Waals surface area contributed by atoms with E-state index in [1.54, 1.807) is 43.6 Å². The highest BCUT2D eigenvalue weighted by Crippen LogP contribution is 2.54. The maximum Gasteiger partial charge on any atom is 0.319 e. The highest BCUT2D eigenvalue weighted by Gasteiger charge is 2.59. The van der Waals surface area contributed by atoms with Crippen LogP contribution in [0.5, 0.6) is 23.0 Å². The molecule has 9 nitrogen and oxygen atoms in total. The molecule has 34 heavy (non-hydrogen) atoms. The van der Waals surface area contributed by atoms with Gasteiger partial charge in [-0.05, 0) is 55.0 Å². The van der Waals surface area contributed by atoms with Crippen LogP contribution in [0, 0.1) is 0 Å². The first kappa shape index (κ1) is 20.3. The van der Waals surface area contributed by atoms with E-state index in [1.165, 1.54) is 0 Å². The Labute approximate surface area is 195 Å². The minimum Gasteiger partial charge on any atom is -0.497 e. The highest BCUT2D eigenvalue weighted by molar-refractivity contribution is 5.93. The number of amides is 3. The second kappa shape index (κ2) is 7.95. The SMILES string of the molecule is COc1ccc(NC(=O)N[C@@H]2[C@H]3Oc4ccc(Oc5ccnc6c5CCC(=O)N6)cc4[C@@H]23)cc1. The van der Waals surface area contributed by atoms with Crippen molar-refractivity contribution in [2.45, 2.75) is 30.9 Å². The molecular weight excluding hydrogens is 436 g/mol. The smallest absolute Gasteiger partial charge is 0.319 e. The van der Waals surface area contributed by atoms with Crippen molar-refractivity contribution in [3.8, 4) is 23.0 Å². The van der Waals surface area contributed by atoms with E-state index >= 15 is 0 Å². The molecule has 0 bridgehead atoms. The van der Waals surface area contributed by atoms with Gasteiger partial charge in [-0.1, -0.05) is 0 Å². The molecule has 3 atom stereocenters. The molecule has 1 aromatic heterocycles. The molecule has 0 saturated heterocycles. The summed E-state index contributed by atoms with van der Waals surface area (Å²) in [7, 11) is 1.60. The zero-order valence-electron chi connectivity index (χ0n) is 18.3. The van der Waals surface area contributed by atoms with Gasteiger partial charge in [-0.25, -0.2) is 9.78 Å². The number of aromatic nitrogens is 1. The number of carbonyl (C=O) groups is 2. The number of methoxy groups -OCH3 is 1. The Morgan fingerprint density at radius 1 is 1.12 bits per heavy atom. The lowest BCUT2D eigenvalue weighted by atomic mass is 10.1. The third-order valence-electron chi connectivity index (χ3n) is 6.30. The van der Waals surface area contributed by atoms with Crippen LogP contribution in [0.4, 0.5) is 16.3 Å². The maximum atomic E-state index is 12.5. The quantitative estimate of drug-likeness (QED) is 0.536. The molecule has 2 aliphatic heterocycles. The second-order valence-corrected chi connectivity index (χ2v) is 8.45. The van der Waals surface area contributed by atoms with E-state index in [-0.39, 0.29) is 30.0 Å². The summed E-state index contributed by atoms with van der Waals surface area (Å²) in [6.45, 7) is 0. The van der Waals surface area contributed by atoms with Gasteiger partial charge < -0.3 is 30.2 Å². The largest absolute Gasteiger partial charge is 0.497 e. The van der Waals surface area contributed by atoms with Gasteiger partial charge >= 0.3 is 6.03 Å². The van der Waals surface area contributed by atoms with Crippen LogP contribution in [0.2, 0.25) is 0 Å². The van der Waals surface area contributed by atoms with Crippen LogP contribution in [0.15, 0.2) is 54.7 Å². The molecule has 2 aromatic carbocycles. The first-order chi connectivity index (χ1) is 16.6. The zero-order chi connectivity index (χ0) is 23.2. The standard InChI is InChI=1S/C25H22N4O5/c1-32-14-4-2-13(3-5-14)27-25(31)29-22-21-17-12-15(6-8-18(17)34-23(21)22)33-19-10-11-26-24-16(19)7-9-20(30)28-24/h2-6,8,10-12,21-23H,7,9H2,1H3,(H,26,28,30)(H2,27,29,31)/t21-,22-,23-/m0/s1. The molecule has 1 saturated carbocycles. The minimum atomic E-state index is -0.285. The average molecular weight is 458 g/mol. The molecule has 1 aliphatic carbocycles. The van der Waals surface area contributed by atoms with Gasteiger partial charge in [-0.2, -0.15) is 0 Å². The molecule has 3 aromatic rings. The highest BCUT2D eigenvalue weighted by atomic mass is 16.5. The summed E-state index contributed by atoms with van der Waals surface area (Å²) in [5.74, 6) is 3.45. The van der Waals surface area contributed by atoms with E-state index in [2.05, 4.69) is 20.9 Å². The van der Waals surface area contributed by atoms with Crippen LogP contribution in [0.1, 0.15) is 23.5 Å². The summed E-state index contributed by atoms with van der Waals surface area (Å²) in [4.78, 5) is 28.4. The van der Waals surface area contributed by atoms with Crippen LogP contribution in [0.3, 0.4) is 0 Å². The topological polar surface area (TPSA) is 111 Å². The number of carbonyl (C=O) groups excluding carboxylic acids is 2. The van der Waals surface area contributed by atoms with Crippen LogP contribution in [-0.4, -0.2) is 36.2 Å². The lowest BCUT2D eigenvalue weighted by Crippen LogP contribution is -2.33. The lowest BCUT2D eigenvalue weighted by Gasteiger charge is -2.19. The normalized spacial score (nSPS) is 21.2. The third kappa shape index (κ3) is 3.64. The summed E-state index contributed by atoms with van der Waals surface area (Å²) in [6, 6.07) is 14.3. The van der Waals surface area contributed by atoms with Crippen LogP contribution in [0.25, 0.3) is 0 Å². The number of nitrogens with one attached hydrogen (secondary N) is 3. The van der Waals surface area contributed by atoms with Gasteiger partial charge in [0, 0.05) is 29.4 Å². The fraction of sp³-hybridized carbons (Fsp3) is 0.240. The minimum absolute atomic E-state index is 0.0406. The Morgan fingerprint density at radius 3 is 2.76 bits per heavy atom. The number of nitrogens with zero attached hydrogens (tertiary/aromatic N) is 1. The van der Waals surface area contributed by atoms with Crippen molar-refractivity contribution in [1.82, 2.24) is 10.3 Å². The van der Waals surface area contributed by atoms with Gasteiger partial charge in [0.2, 0.25) is 5.91 Å². The van der Waals surface area contributed by atoms with Crippen molar-refractivity contribution in [1.29, 1.82) is 0 Å². The summed E-state index contributed by atoms with van der Waals surface area (Å²) in [5.41, 5.74) is 2.57. The Kier molecular flexibility index (Phi) is 4.75. The van der Waals surface area contributed by atoms with Crippen molar-refractivity contribution in [3.63, 3.8) is 0 Å². The zero-order valence-corrected chi connectivity index (χ0v) is 18.3. The molecule has 1 fully saturated rings. The molecule has 172 valence electrons. The fourth-order valence-electron chi connectivity index (χ4n) is 4.55. The molecule has 0 spiro atoms. The summed E-state index contributed by atoms with van der Waals surface area (Å²) < 4.78 is 17.3. The van der Waals surface area contributed by atoms with Crippen LogP contribution < -0.4 is 30.2 Å². The van der Waals surface area contributed by atoms with Crippen molar-refractivity contribution in [2.24, 2.45) is 0 Å². The van der Waals surface area contributed by atoms with E-state index in [1.807, 2.05) is 18.2 Å². The van der Waals surface area contributed by atoms with Gasteiger partial charge in [0.25, 0.3) is 0 Å². The first-order valence-electron chi connectivity index (χ1n) is 11.1. The third-order valence-corrected chi connectivity index (χ3v) is 6.30. The number of urea groups is 1. The summed E-state index contributed by atoms with van der Waals surface area (Å²) >= 11 is 0. The van der Waals surface area contributed by atoms with E-state index < -0.39 is 0 Å². The molecule has 3 aliphatic rings. The molecule has 9 heteroatoms. The summed E-state index contributed by atoms with van der Waals surface area (Å²) in [6.07, 6.45) is 2.52. The Bertz CT molecular complexity index is 1290. The lowest BCUT2D eigenvalue weighted by molar-refractivity contribution is -0.116. The maximum absolute atomic E-state index is 12.5. The van der Waals surface area contributed by atoms with Gasteiger partial charge in [-0.15, -0.1) is 0 Å². The van der Waals surface area contributed by atoms with Crippen molar-refractivity contribution >= 4 is 23.4 Å². The molecule has 6 rings (SSSR count). The van der Waals surface area contributed by atoms with Gasteiger partial charge in [0.1, 0.15) is 34.9 Å². The van der Waals surface area contributed by atoms with Crippen molar-refractivity contribution < 1.29 is 23.8 Å². The average Bonchev–Trinajstić information content (AvgIpc) is 3.35. The molecule has 3 heterocycles. The van der Waals surface area contributed by atoms with E-state index in [0.717, 1.165) is 22.6 Å². The number of anilines is 2. The summed E-state index contributed by atoms with van der Waals surface area (Å²) in [5, 5.41) is 8.61. The number of pyridine rings is 1. The predicted octanol–water partition coefficient (Wildman–Crippen LogP) is 3.82. The fourth-order valence-corrected chi connectivity index (χ4v) is 4.55.